The Balaban J connectivity index is 1.58. The van der Waals surface area contributed by atoms with Crippen molar-refractivity contribution in [2.24, 2.45) is 5.10 Å². The van der Waals surface area contributed by atoms with Gasteiger partial charge in [-0.15, -0.1) is 0 Å². The maximum Gasteiger partial charge on any atom is 0.329 e. The summed E-state index contributed by atoms with van der Waals surface area (Å²) in [4.78, 5) is 24.0. The minimum absolute atomic E-state index is 0.394. The zero-order valence-electron chi connectivity index (χ0n) is 18.9. The molecule has 0 fully saturated rings. The maximum absolute atomic E-state index is 12.0. The Morgan fingerprint density at radius 1 is 1.00 bits per heavy atom. The lowest BCUT2D eigenvalue weighted by molar-refractivity contribution is -0.136. The van der Waals surface area contributed by atoms with Crippen molar-refractivity contribution < 1.29 is 19.1 Å². The molecular formula is C26H24N4O4. The average Bonchev–Trinajstić information content (AvgIpc) is 2.84. The first-order chi connectivity index (χ1) is 16.5. The predicted octanol–water partition coefficient (Wildman–Crippen LogP) is 3.93. The SMILES string of the molecule is CCOc1cc(/C=N/NC(=O)C(=O)Nc2ccc(C#N)cc2)ccc1OCc1cccc(C)c1. The van der Waals surface area contributed by atoms with Gasteiger partial charge in [0.25, 0.3) is 0 Å². The van der Waals surface area contributed by atoms with E-state index in [1.807, 2.05) is 38.1 Å². The van der Waals surface area contributed by atoms with Crippen molar-refractivity contribution in [1.82, 2.24) is 5.43 Å². The molecule has 0 unspecified atom stereocenters. The monoisotopic (exact) mass is 456 g/mol. The summed E-state index contributed by atoms with van der Waals surface area (Å²) in [7, 11) is 0. The lowest BCUT2D eigenvalue weighted by Gasteiger charge is -2.13. The number of hydrogen-bond donors (Lipinski definition) is 2. The van der Waals surface area contributed by atoms with Gasteiger partial charge < -0.3 is 14.8 Å². The molecule has 2 amide bonds. The van der Waals surface area contributed by atoms with Crippen molar-refractivity contribution in [3.63, 3.8) is 0 Å². The van der Waals surface area contributed by atoms with Gasteiger partial charge in [0.1, 0.15) is 6.61 Å². The molecule has 0 saturated heterocycles. The summed E-state index contributed by atoms with van der Waals surface area (Å²) in [6.07, 6.45) is 1.40. The standard InChI is InChI=1S/C26H24N4O4/c1-3-33-24-14-20(9-12-23(24)34-17-21-6-4-5-18(2)13-21)16-28-30-26(32)25(31)29-22-10-7-19(15-27)8-11-22/h4-14,16H,3,17H2,1-2H3,(H,29,31)(H,30,32)/b28-16+. The van der Waals surface area contributed by atoms with Crippen molar-refractivity contribution in [2.45, 2.75) is 20.5 Å². The third kappa shape index (κ3) is 6.93. The Labute approximate surface area is 197 Å². The molecule has 0 aromatic heterocycles. The Morgan fingerprint density at radius 2 is 1.79 bits per heavy atom. The highest BCUT2D eigenvalue weighted by Crippen LogP contribution is 2.29. The number of hydrazone groups is 1. The summed E-state index contributed by atoms with van der Waals surface area (Å²) in [6, 6.07) is 21.4. The van der Waals surface area contributed by atoms with E-state index in [4.69, 9.17) is 14.7 Å². The van der Waals surface area contributed by atoms with Gasteiger partial charge in [-0.05, 0) is 67.4 Å². The first-order valence-electron chi connectivity index (χ1n) is 10.6. The number of rotatable bonds is 8. The highest BCUT2D eigenvalue weighted by Gasteiger charge is 2.13. The topological polar surface area (TPSA) is 113 Å². The molecule has 0 spiro atoms. The Morgan fingerprint density at radius 3 is 2.50 bits per heavy atom. The van der Waals surface area contributed by atoms with E-state index in [-0.39, 0.29) is 0 Å². The van der Waals surface area contributed by atoms with Crippen molar-refractivity contribution >= 4 is 23.7 Å². The van der Waals surface area contributed by atoms with Crippen LogP contribution in [0.25, 0.3) is 0 Å². The van der Waals surface area contributed by atoms with Crippen LogP contribution in [0.5, 0.6) is 11.5 Å². The summed E-state index contributed by atoms with van der Waals surface area (Å²) in [6.45, 7) is 4.75. The second-order valence-electron chi connectivity index (χ2n) is 7.26. The van der Waals surface area contributed by atoms with Crippen LogP contribution in [0.4, 0.5) is 5.69 Å². The number of carbonyl (C=O) groups is 2. The summed E-state index contributed by atoms with van der Waals surface area (Å²) < 4.78 is 11.6. The van der Waals surface area contributed by atoms with Crippen molar-refractivity contribution in [3.05, 3.63) is 89.0 Å². The highest BCUT2D eigenvalue weighted by molar-refractivity contribution is 6.39. The van der Waals surface area contributed by atoms with Crippen LogP contribution in [0.3, 0.4) is 0 Å². The molecule has 0 bridgehead atoms. The van der Waals surface area contributed by atoms with E-state index >= 15 is 0 Å². The van der Waals surface area contributed by atoms with Gasteiger partial charge in [-0.3, -0.25) is 9.59 Å². The molecule has 0 radical (unpaired) electrons. The van der Waals surface area contributed by atoms with Crippen LogP contribution < -0.4 is 20.2 Å². The number of nitriles is 1. The first-order valence-corrected chi connectivity index (χ1v) is 10.6. The Bertz CT molecular complexity index is 1230. The third-order valence-corrected chi connectivity index (χ3v) is 4.60. The number of carbonyl (C=O) groups excluding carboxylic acids is 2. The molecule has 0 atom stereocenters. The maximum atomic E-state index is 12.0. The molecule has 172 valence electrons. The number of nitrogens with zero attached hydrogens (tertiary/aromatic N) is 2. The van der Waals surface area contributed by atoms with Gasteiger partial charge >= 0.3 is 11.8 Å². The van der Waals surface area contributed by atoms with E-state index < -0.39 is 11.8 Å². The second kappa shape index (κ2) is 11.8. The number of benzene rings is 3. The number of amides is 2. The molecular weight excluding hydrogens is 432 g/mol. The zero-order valence-corrected chi connectivity index (χ0v) is 18.9. The molecule has 0 aliphatic carbocycles. The number of nitrogens with one attached hydrogen (secondary N) is 2. The predicted molar refractivity (Wildman–Crippen MR) is 129 cm³/mol. The number of hydrogen-bond acceptors (Lipinski definition) is 6. The fourth-order valence-corrected chi connectivity index (χ4v) is 2.99. The molecule has 0 aliphatic heterocycles. The molecule has 8 nitrogen and oxygen atoms in total. The van der Waals surface area contributed by atoms with Gasteiger partial charge in [0, 0.05) is 5.69 Å². The lowest BCUT2D eigenvalue weighted by atomic mass is 10.1. The normalized spacial score (nSPS) is 10.4. The minimum Gasteiger partial charge on any atom is -0.490 e. The molecule has 34 heavy (non-hydrogen) atoms. The summed E-state index contributed by atoms with van der Waals surface area (Å²) in [5.74, 6) is -0.671. The molecule has 0 saturated carbocycles. The largest absolute Gasteiger partial charge is 0.490 e. The van der Waals surface area contributed by atoms with Crippen LogP contribution in [0.15, 0.2) is 71.8 Å². The van der Waals surface area contributed by atoms with E-state index in [1.54, 1.807) is 18.2 Å². The van der Waals surface area contributed by atoms with Crippen LogP contribution in [0.1, 0.15) is 29.2 Å². The molecule has 3 aromatic rings. The smallest absolute Gasteiger partial charge is 0.329 e. The van der Waals surface area contributed by atoms with Gasteiger partial charge in [-0.1, -0.05) is 29.8 Å². The average molecular weight is 457 g/mol. The first kappa shape index (κ1) is 24.0. The zero-order chi connectivity index (χ0) is 24.3. The molecule has 8 heteroatoms. The molecule has 2 N–H and O–H groups in total. The number of aryl methyl sites for hydroxylation is 1. The second-order valence-corrected chi connectivity index (χ2v) is 7.26. The fourth-order valence-electron chi connectivity index (χ4n) is 2.99. The third-order valence-electron chi connectivity index (χ3n) is 4.60. The molecule has 0 heterocycles. The number of anilines is 1. The van der Waals surface area contributed by atoms with E-state index in [9.17, 15) is 9.59 Å². The Kier molecular flexibility index (Phi) is 8.36. The Hall–Kier alpha value is -4.64. The summed E-state index contributed by atoms with van der Waals surface area (Å²) in [5, 5.41) is 15.1. The number of ether oxygens (including phenoxy) is 2. The lowest BCUT2D eigenvalue weighted by Crippen LogP contribution is -2.32. The van der Waals surface area contributed by atoms with Crippen molar-refractivity contribution in [1.29, 1.82) is 5.26 Å². The van der Waals surface area contributed by atoms with Crippen LogP contribution in [0, 0.1) is 18.3 Å². The van der Waals surface area contributed by atoms with E-state index in [1.165, 1.54) is 30.5 Å². The van der Waals surface area contributed by atoms with Crippen LogP contribution in [-0.2, 0) is 16.2 Å². The van der Waals surface area contributed by atoms with Crippen LogP contribution in [-0.4, -0.2) is 24.6 Å². The van der Waals surface area contributed by atoms with Crippen LogP contribution >= 0.6 is 0 Å². The van der Waals surface area contributed by atoms with E-state index in [0.717, 1.165) is 11.1 Å². The highest BCUT2D eigenvalue weighted by atomic mass is 16.5. The van der Waals surface area contributed by atoms with Gasteiger partial charge in [-0.2, -0.15) is 10.4 Å². The molecule has 3 aromatic carbocycles. The molecule has 3 rings (SSSR count). The van der Waals surface area contributed by atoms with Gasteiger partial charge in [0.05, 0.1) is 24.5 Å². The fraction of sp³-hybridized carbons (Fsp3) is 0.154. The summed E-state index contributed by atoms with van der Waals surface area (Å²) in [5.41, 5.74) is 5.89. The van der Waals surface area contributed by atoms with Crippen LogP contribution in [0.2, 0.25) is 0 Å². The van der Waals surface area contributed by atoms with E-state index in [0.29, 0.717) is 41.5 Å². The van der Waals surface area contributed by atoms with Gasteiger partial charge in [0.2, 0.25) is 0 Å². The van der Waals surface area contributed by atoms with Crippen molar-refractivity contribution in [2.75, 3.05) is 11.9 Å². The molecule has 0 aliphatic rings. The van der Waals surface area contributed by atoms with E-state index in [2.05, 4.69) is 21.9 Å². The van der Waals surface area contributed by atoms with Crippen molar-refractivity contribution in [3.8, 4) is 17.6 Å². The summed E-state index contributed by atoms with van der Waals surface area (Å²) >= 11 is 0. The minimum atomic E-state index is -0.927. The van der Waals surface area contributed by atoms with Gasteiger partial charge in [-0.25, -0.2) is 5.43 Å². The van der Waals surface area contributed by atoms with Gasteiger partial charge in [0.15, 0.2) is 11.5 Å². The quantitative estimate of drug-likeness (QED) is 0.303.